The minimum atomic E-state index is -0.420. The summed E-state index contributed by atoms with van der Waals surface area (Å²) < 4.78 is 6.57. The molecule has 2 N–H and O–H groups in total. The molecule has 0 unspecified atom stereocenters. The first-order chi connectivity index (χ1) is 16.9. The normalized spacial score (nSPS) is 11.0. The molecule has 0 aromatic heterocycles. The molecule has 0 saturated heterocycles. The number of unbranched alkanes of at least 4 members (excludes halogenated alkanes) is 1. The number of amides is 2. The highest BCUT2D eigenvalue weighted by Gasteiger charge is 2.15. The Morgan fingerprint density at radius 1 is 0.943 bits per heavy atom. The van der Waals surface area contributed by atoms with Gasteiger partial charge in [-0.1, -0.05) is 41.4 Å². The standard InChI is InChI=1S/C28H30BrN3O3/c1-4-5-18-35-25-16-8-21(9-17-25)27(33)31-26(19-20-6-14-24(15-7-20)32(2)3)28(34)30-23-12-10-22(29)11-13-23/h6-17,19H,4-5,18H2,1-3H3,(H,30,34)(H,31,33)/b26-19+. The predicted octanol–water partition coefficient (Wildman–Crippen LogP) is 6.10. The van der Waals surface area contributed by atoms with Crippen LogP contribution in [0.4, 0.5) is 11.4 Å². The number of anilines is 2. The highest BCUT2D eigenvalue weighted by atomic mass is 79.9. The third-order valence-corrected chi connectivity index (χ3v) is 5.73. The summed E-state index contributed by atoms with van der Waals surface area (Å²) in [6.07, 6.45) is 3.68. The topological polar surface area (TPSA) is 70.7 Å². The summed E-state index contributed by atoms with van der Waals surface area (Å²) in [6.45, 7) is 2.74. The maximum atomic E-state index is 13.1. The Morgan fingerprint density at radius 2 is 1.60 bits per heavy atom. The first-order valence-corrected chi connectivity index (χ1v) is 12.2. The summed E-state index contributed by atoms with van der Waals surface area (Å²) in [7, 11) is 3.92. The van der Waals surface area contributed by atoms with E-state index in [1.807, 2.05) is 55.4 Å². The van der Waals surface area contributed by atoms with Gasteiger partial charge in [0.2, 0.25) is 0 Å². The van der Waals surface area contributed by atoms with Crippen molar-refractivity contribution in [3.63, 3.8) is 0 Å². The van der Waals surface area contributed by atoms with E-state index in [0.717, 1.165) is 28.6 Å². The van der Waals surface area contributed by atoms with Gasteiger partial charge in [-0.25, -0.2) is 0 Å². The second kappa shape index (κ2) is 12.8. The molecule has 0 fully saturated rings. The quantitative estimate of drug-likeness (QED) is 0.243. The van der Waals surface area contributed by atoms with Crippen LogP contribution in [0.1, 0.15) is 35.7 Å². The van der Waals surface area contributed by atoms with Crippen molar-refractivity contribution in [2.24, 2.45) is 0 Å². The number of halogens is 1. The van der Waals surface area contributed by atoms with Crippen molar-refractivity contribution in [2.45, 2.75) is 19.8 Å². The van der Waals surface area contributed by atoms with E-state index in [4.69, 9.17) is 4.74 Å². The SMILES string of the molecule is CCCCOc1ccc(C(=O)N/C(=C/c2ccc(N(C)C)cc2)C(=O)Nc2ccc(Br)cc2)cc1. The molecule has 3 aromatic rings. The average Bonchev–Trinajstić information content (AvgIpc) is 2.86. The molecular formula is C28H30BrN3O3. The number of carbonyl (C=O) groups excluding carboxylic acids is 2. The lowest BCUT2D eigenvalue weighted by molar-refractivity contribution is -0.113. The van der Waals surface area contributed by atoms with Gasteiger partial charge in [-0.2, -0.15) is 0 Å². The minimum absolute atomic E-state index is 0.138. The Morgan fingerprint density at radius 3 is 2.20 bits per heavy atom. The van der Waals surface area contributed by atoms with Crippen molar-refractivity contribution in [1.29, 1.82) is 0 Å². The van der Waals surface area contributed by atoms with Gasteiger partial charge in [0.25, 0.3) is 11.8 Å². The first-order valence-electron chi connectivity index (χ1n) is 11.5. The zero-order valence-electron chi connectivity index (χ0n) is 20.2. The van der Waals surface area contributed by atoms with E-state index in [1.165, 1.54) is 0 Å². The van der Waals surface area contributed by atoms with Crippen LogP contribution in [0.15, 0.2) is 83.0 Å². The lowest BCUT2D eigenvalue weighted by atomic mass is 10.1. The summed E-state index contributed by atoms with van der Waals surface area (Å²) in [4.78, 5) is 28.1. The van der Waals surface area contributed by atoms with Crippen molar-refractivity contribution in [3.05, 3.63) is 94.1 Å². The molecule has 3 aromatic carbocycles. The Bertz CT molecular complexity index is 1160. The zero-order chi connectivity index (χ0) is 25.2. The van der Waals surface area contributed by atoms with Gasteiger partial charge in [0, 0.05) is 35.5 Å². The van der Waals surface area contributed by atoms with Gasteiger partial charge in [-0.05, 0) is 78.7 Å². The van der Waals surface area contributed by atoms with Crippen molar-refractivity contribution in [2.75, 3.05) is 30.9 Å². The van der Waals surface area contributed by atoms with Gasteiger partial charge in [-0.15, -0.1) is 0 Å². The summed E-state index contributed by atoms with van der Waals surface area (Å²) in [5.74, 6) is -0.0937. The molecule has 0 aliphatic heterocycles. The van der Waals surface area contributed by atoms with Crippen LogP contribution < -0.4 is 20.3 Å². The smallest absolute Gasteiger partial charge is 0.272 e. The monoisotopic (exact) mass is 535 g/mol. The maximum Gasteiger partial charge on any atom is 0.272 e. The van der Waals surface area contributed by atoms with Crippen LogP contribution in [0.5, 0.6) is 5.75 Å². The lowest BCUT2D eigenvalue weighted by Crippen LogP contribution is -2.30. The molecule has 3 rings (SSSR count). The summed E-state index contributed by atoms with van der Waals surface area (Å²) in [5.41, 5.74) is 3.01. The highest BCUT2D eigenvalue weighted by molar-refractivity contribution is 9.10. The fourth-order valence-corrected chi connectivity index (χ4v) is 3.42. The molecule has 0 spiro atoms. The second-order valence-electron chi connectivity index (χ2n) is 8.19. The summed E-state index contributed by atoms with van der Waals surface area (Å²) in [6, 6.07) is 21.8. The Hall–Kier alpha value is -3.58. The molecule has 6 nitrogen and oxygen atoms in total. The van der Waals surface area contributed by atoms with E-state index in [9.17, 15) is 9.59 Å². The van der Waals surface area contributed by atoms with Gasteiger partial charge < -0.3 is 20.3 Å². The van der Waals surface area contributed by atoms with E-state index < -0.39 is 5.91 Å². The number of benzene rings is 3. The van der Waals surface area contributed by atoms with E-state index in [0.29, 0.717) is 23.6 Å². The number of rotatable bonds is 10. The van der Waals surface area contributed by atoms with Crippen LogP contribution >= 0.6 is 15.9 Å². The summed E-state index contributed by atoms with van der Waals surface area (Å²) >= 11 is 3.39. The first kappa shape index (κ1) is 26.0. The molecular weight excluding hydrogens is 506 g/mol. The van der Waals surface area contributed by atoms with Crippen LogP contribution in [0.25, 0.3) is 6.08 Å². The maximum absolute atomic E-state index is 13.1. The van der Waals surface area contributed by atoms with E-state index >= 15 is 0 Å². The molecule has 7 heteroatoms. The van der Waals surface area contributed by atoms with E-state index in [1.54, 1.807) is 42.5 Å². The van der Waals surface area contributed by atoms with Gasteiger partial charge in [0.15, 0.2) is 0 Å². The number of hydrogen-bond acceptors (Lipinski definition) is 4. The number of hydrogen-bond donors (Lipinski definition) is 2. The molecule has 2 amide bonds. The third-order valence-electron chi connectivity index (χ3n) is 5.20. The van der Waals surface area contributed by atoms with Gasteiger partial charge in [0.05, 0.1) is 6.61 Å². The molecule has 182 valence electrons. The third kappa shape index (κ3) is 8.00. The largest absolute Gasteiger partial charge is 0.494 e. The fourth-order valence-electron chi connectivity index (χ4n) is 3.16. The Kier molecular flexibility index (Phi) is 9.49. The molecule has 0 atom stereocenters. The number of carbonyl (C=O) groups is 2. The second-order valence-corrected chi connectivity index (χ2v) is 9.10. The predicted molar refractivity (Wildman–Crippen MR) is 146 cm³/mol. The number of ether oxygens (including phenoxy) is 1. The highest BCUT2D eigenvalue weighted by Crippen LogP contribution is 2.18. The van der Waals surface area contributed by atoms with Crippen LogP contribution in [-0.2, 0) is 4.79 Å². The zero-order valence-corrected chi connectivity index (χ0v) is 21.8. The molecule has 0 aliphatic carbocycles. The lowest BCUT2D eigenvalue weighted by Gasteiger charge is -2.13. The minimum Gasteiger partial charge on any atom is -0.494 e. The van der Waals surface area contributed by atoms with Crippen LogP contribution in [-0.4, -0.2) is 32.5 Å². The molecule has 0 radical (unpaired) electrons. The van der Waals surface area contributed by atoms with Crippen LogP contribution in [0.2, 0.25) is 0 Å². The van der Waals surface area contributed by atoms with Crippen LogP contribution in [0, 0.1) is 0 Å². The molecule has 0 heterocycles. The molecule has 35 heavy (non-hydrogen) atoms. The van der Waals surface area contributed by atoms with Crippen molar-refractivity contribution in [3.8, 4) is 5.75 Å². The molecule has 0 saturated carbocycles. The number of nitrogens with zero attached hydrogens (tertiary/aromatic N) is 1. The Labute approximate surface area is 215 Å². The summed E-state index contributed by atoms with van der Waals surface area (Å²) in [5, 5.41) is 5.61. The van der Waals surface area contributed by atoms with Crippen molar-refractivity contribution < 1.29 is 14.3 Å². The van der Waals surface area contributed by atoms with E-state index in [-0.39, 0.29) is 11.6 Å². The van der Waals surface area contributed by atoms with Crippen molar-refractivity contribution >= 4 is 45.2 Å². The fraction of sp³-hybridized carbons (Fsp3) is 0.214. The van der Waals surface area contributed by atoms with Gasteiger partial charge in [-0.3, -0.25) is 9.59 Å². The average molecular weight is 536 g/mol. The van der Waals surface area contributed by atoms with E-state index in [2.05, 4.69) is 33.5 Å². The van der Waals surface area contributed by atoms with Gasteiger partial charge >= 0.3 is 0 Å². The van der Waals surface area contributed by atoms with Gasteiger partial charge in [0.1, 0.15) is 11.4 Å². The Balaban J connectivity index is 1.80. The molecule has 0 aliphatic rings. The van der Waals surface area contributed by atoms with Crippen LogP contribution in [0.3, 0.4) is 0 Å². The van der Waals surface area contributed by atoms with Crippen molar-refractivity contribution in [1.82, 2.24) is 5.32 Å². The molecule has 0 bridgehead atoms. The number of nitrogens with one attached hydrogen (secondary N) is 2.